The Morgan fingerprint density at radius 1 is 1.03 bits per heavy atom. The Balaban J connectivity index is 1.36. The van der Waals surface area contributed by atoms with Crippen molar-refractivity contribution in [2.24, 2.45) is 7.05 Å². The van der Waals surface area contributed by atoms with Gasteiger partial charge in [-0.2, -0.15) is 0 Å². The fourth-order valence-electron chi connectivity index (χ4n) is 5.02. The van der Waals surface area contributed by atoms with Crippen molar-refractivity contribution in [2.75, 3.05) is 38.1 Å². The van der Waals surface area contributed by atoms with E-state index >= 15 is 0 Å². The zero-order valence-corrected chi connectivity index (χ0v) is 19.5. The molecule has 0 radical (unpaired) electrons. The number of aromatic nitrogens is 4. The Hall–Kier alpha value is -3.78. The summed E-state index contributed by atoms with van der Waals surface area (Å²) < 4.78 is 2.00. The van der Waals surface area contributed by atoms with Gasteiger partial charge in [0.1, 0.15) is 11.5 Å². The average Bonchev–Trinajstić information content (AvgIpc) is 3.43. The van der Waals surface area contributed by atoms with Gasteiger partial charge in [-0.3, -0.25) is 9.78 Å². The van der Waals surface area contributed by atoms with Crippen molar-refractivity contribution in [3.63, 3.8) is 0 Å². The van der Waals surface area contributed by atoms with Crippen LogP contribution in [0.5, 0.6) is 0 Å². The van der Waals surface area contributed by atoms with Crippen LogP contribution in [0.1, 0.15) is 27.2 Å². The van der Waals surface area contributed by atoms with E-state index in [1.165, 1.54) is 0 Å². The van der Waals surface area contributed by atoms with Crippen LogP contribution in [0, 0.1) is 0 Å². The lowest BCUT2D eigenvalue weighted by molar-refractivity contribution is 0.0965. The van der Waals surface area contributed by atoms with Gasteiger partial charge >= 0.3 is 0 Å². The van der Waals surface area contributed by atoms with Gasteiger partial charge in [0.15, 0.2) is 0 Å². The number of hydrogen-bond donors (Lipinski definition) is 1. The van der Waals surface area contributed by atoms with Crippen molar-refractivity contribution in [1.29, 1.82) is 0 Å². The summed E-state index contributed by atoms with van der Waals surface area (Å²) in [5, 5.41) is 4.04. The number of rotatable bonds is 4. The third-order valence-electron chi connectivity index (χ3n) is 6.93. The van der Waals surface area contributed by atoms with E-state index in [1.54, 1.807) is 6.20 Å². The number of carbonyl (C=O) groups excluding carboxylic acids is 1. The molecule has 0 aliphatic carbocycles. The maximum Gasteiger partial charge on any atom is 0.252 e. The number of pyridine rings is 3. The Labute approximate surface area is 198 Å². The molecule has 0 atom stereocenters. The first kappa shape index (κ1) is 20.8. The highest BCUT2D eigenvalue weighted by atomic mass is 16.1. The van der Waals surface area contributed by atoms with Crippen molar-refractivity contribution in [1.82, 2.24) is 29.7 Å². The zero-order valence-electron chi connectivity index (χ0n) is 19.5. The van der Waals surface area contributed by atoms with Gasteiger partial charge in [0.05, 0.1) is 11.3 Å². The van der Waals surface area contributed by atoms with Gasteiger partial charge in [-0.1, -0.05) is 6.07 Å². The first-order valence-electron chi connectivity index (χ1n) is 11.7. The van der Waals surface area contributed by atoms with Crippen LogP contribution in [-0.2, 0) is 20.0 Å². The van der Waals surface area contributed by atoms with E-state index in [9.17, 15) is 4.79 Å². The smallest absolute Gasteiger partial charge is 0.252 e. The highest BCUT2D eigenvalue weighted by molar-refractivity contribution is 6.03. The van der Waals surface area contributed by atoms with Gasteiger partial charge in [-0.15, -0.1) is 0 Å². The number of nitrogens with zero attached hydrogens (tertiary/aromatic N) is 6. The standard InChI is InChI=1S/C26H27N7O/c1-31-10-12-33(13-11-31)22-5-3-4-18(30-22)14-17-15-28-24(21-16-29-26(34)23(17)21)19-6-8-27-25-20(19)7-9-32(25)2/h3-9,15H,10-14,16H2,1-2H3,(H,29,34). The minimum atomic E-state index is -0.0396. The molecule has 1 N–H and O–H groups in total. The zero-order chi connectivity index (χ0) is 23.2. The molecule has 8 nitrogen and oxygen atoms in total. The molecule has 6 heterocycles. The number of hydrogen-bond acceptors (Lipinski definition) is 6. The molecular weight excluding hydrogens is 426 g/mol. The summed E-state index contributed by atoms with van der Waals surface area (Å²) in [7, 11) is 4.13. The lowest BCUT2D eigenvalue weighted by Gasteiger charge is -2.33. The predicted octanol–water partition coefficient (Wildman–Crippen LogP) is 2.62. The van der Waals surface area contributed by atoms with Gasteiger partial charge < -0.3 is 19.7 Å². The molecule has 2 aliphatic heterocycles. The Morgan fingerprint density at radius 3 is 2.74 bits per heavy atom. The molecule has 1 amide bonds. The number of carbonyl (C=O) groups is 1. The van der Waals surface area contributed by atoms with E-state index < -0.39 is 0 Å². The number of likely N-dealkylation sites (N-methyl/N-ethyl adjacent to an activating group) is 1. The molecule has 2 aliphatic rings. The molecule has 172 valence electrons. The second-order valence-corrected chi connectivity index (χ2v) is 9.14. The number of anilines is 1. The summed E-state index contributed by atoms with van der Waals surface area (Å²) in [4.78, 5) is 31.8. The van der Waals surface area contributed by atoms with Crippen LogP contribution in [0.25, 0.3) is 22.3 Å². The minimum Gasteiger partial charge on any atom is -0.354 e. The second-order valence-electron chi connectivity index (χ2n) is 9.14. The monoisotopic (exact) mass is 453 g/mol. The van der Waals surface area contributed by atoms with Crippen LogP contribution in [0.15, 0.2) is 48.9 Å². The van der Waals surface area contributed by atoms with Crippen molar-refractivity contribution in [2.45, 2.75) is 13.0 Å². The van der Waals surface area contributed by atoms with Crippen molar-refractivity contribution < 1.29 is 4.79 Å². The topological polar surface area (TPSA) is 79.2 Å². The molecule has 6 rings (SSSR count). The molecule has 34 heavy (non-hydrogen) atoms. The van der Waals surface area contributed by atoms with E-state index in [0.29, 0.717) is 13.0 Å². The van der Waals surface area contributed by atoms with Gasteiger partial charge in [-0.25, -0.2) is 9.97 Å². The van der Waals surface area contributed by atoms with E-state index in [2.05, 4.69) is 45.3 Å². The summed E-state index contributed by atoms with van der Waals surface area (Å²) in [5.74, 6) is 0.960. The summed E-state index contributed by atoms with van der Waals surface area (Å²) in [6, 6.07) is 10.2. The highest BCUT2D eigenvalue weighted by Gasteiger charge is 2.28. The Kier molecular flexibility index (Phi) is 5.03. The molecular formula is C26H27N7O. The summed E-state index contributed by atoms with van der Waals surface area (Å²) in [5.41, 5.74) is 6.29. The maximum absolute atomic E-state index is 12.9. The molecule has 0 spiro atoms. The van der Waals surface area contributed by atoms with Crippen molar-refractivity contribution >= 4 is 22.8 Å². The molecule has 0 saturated carbocycles. The largest absolute Gasteiger partial charge is 0.354 e. The molecule has 8 heteroatoms. The van der Waals surface area contributed by atoms with Crippen LogP contribution in [0.4, 0.5) is 5.82 Å². The maximum atomic E-state index is 12.9. The fraction of sp³-hybridized carbons (Fsp3) is 0.308. The van der Waals surface area contributed by atoms with E-state index in [1.807, 2.05) is 36.1 Å². The number of fused-ring (bicyclic) bond motifs is 2. The molecule has 0 bridgehead atoms. The van der Waals surface area contributed by atoms with Gasteiger partial charge in [-0.05, 0) is 36.9 Å². The number of amides is 1. The van der Waals surface area contributed by atoms with Crippen LogP contribution in [-0.4, -0.2) is 63.6 Å². The average molecular weight is 454 g/mol. The summed E-state index contributed by atoms with van der Waals surface area (Å²) >= 11 is 0. The van der Waals surface area contributed by atoms with Gasteiger partial charge in [0, 0.05) is 87.0 Å². The minimum absolute atomic E-state index is 0.0396. The molecule has 0 unspecified atom stereocenters. The lowest BCUT2D eigenvalue weighted by atomic mass is 9.96. The first-order chi connectivity index (χ1) is 16.6. The first-order valence-corrected chi connectivity index (χ1v) is 11.7. The predicted molar refractivity (Wildman–Crippen MR) is 132 cm³/mol. The van der Waals surface area contributed by atoms with Crippen LogP contribution >= 0.6 is 0 Å². The Bertz CT molecular complexity index is 1400. The fourth-order valence-corrected chi connectivity index (χ4v) is 5.02. The van der Waals surface area contributed by atoms with E-state index in [0.717, 1.165) is 76.7 Å². The molecule has 4 aromatic heterocycles. The molecule has 4 aromatic rings. The van der Waals surface area contributed by atoms with Gasteiger partial charge in [0.2, 0.25) is 0 Å². The SMILES string of the molecule is CN1CCN(c2cccc(Cc3cnc(-c4ccnc5c4ccn5C)c4c3C(=O)NC4)n2)CC1. The van der Waals surface area contributed by atoms with Crippen molar-refractivity contribution in [3.05, 3.63) is 71.3 Å². The van der Waals surface area contributed by atoms with Crippen molar-refractivity contribution in [3.8, 4) is 11.3 Å². The molecule has 0 aromatic carbocycles. The third-order valence-corrected chi connectivity index (χ3v) is 6.93. The Morgan fingerprint density at radius 2 is 1.88 bits per heavy atom. The van der Waals surface area contributed by atoms with E-state index in [-0.39, 0.29) is 5.91 Å². The van der Waals surface area contributed by atoms with Crippen LogP contribution in [0.3, 0.4) is 0 Å². The summed E-state index contributed by atoms with van der Waals surface area (Å²) in [6.45, 7) is 4.50. The third kappa shape index (κ3) is 3.51. The second kappa shape index (κ2) is 8.22. The van der Waals surface area contributed by atoms with Gasteiger partial charge in [0.25, 0.3) is 5.91 Å². The molecule has 1 fully saturated rings. The quantitative estimate of drug-likeness (QED) is 0.512. The highest BCUT2D eigenvalue weighted by Crippen LogP contribution is 2.34. The van der Waals surface area contributed by atoms with Crippen LogP contribution in [0.2, 0.25) is 0 Å². The number of nitrogens with one attached hydrogen (secondary N) is 1. The lowest BCUT2D eigenvalue weighted by Crippen LogP contribution is -2.44. The number of aryl methyl sites for hydroxylation is 1. The normalized spacial score (nSPS) is 16.2. The summed E-state index contributed by atoms with van der Waals surface area (Å²) in [6.07, 6.45) is 6.22. The van der Waals surface area contributed by atoms with Crippen LogP contribution < -0.4 is 10.2 Å². The number of piperazine rings is 1. The molecule has 1 saturated heterocycles. The van der Waals surface area contributed by atoms with E-state index in [4.69, 9.17) is 9.97 Å².